The van der Waals surface area contributed by atoms with E-state index in [1.807, 2.05) is 29.2 Å². The van der Waals surface area contributed by atoms with Crippen molar-refractivity contribution in [2.75, 3.05) is 13.7 Å². The number of methoxy groups -OCH3 is 1. The molecule has 25 heavy (non-hydrogen) atoms. The molecule has 0 spiro atoms. The number of fused-ring (bicyclic) bond motifs is 3. The summed E-state index contributed by atoms with van der Waals surface area (Å²) in [6.45, 7) is 2.45. The van der Waals surface area contributed by atoms with Gasteiger partial charge in [0.2, 0.25) is 5.91 Å². The Hall–Kier alpha value is -2.75. The molecular formula is C21H22N2O2. The molecule has 1 aromatic heterocycles. The summed E-state index contributed by atoms with van der Waals surface area (Å²) in [6, 6.07) is 18.4. The lowest BCUT2D eigenvalue weighted by atomic mass is 10.1. The number of aryl methyl sites for hydroxylation is 1. The second-order valence-corrected chi connectivity index (χ2v) is 6.54. The van der Waals surface area contributed by atoms with Gasteiger partial charge in [0.15, 0.2) is 0 Å². The van der Waals surface area contributed by atoms with E-state index in [1.54, 1.807) is 7.11 Å². The van der Waals surface area contributed by atoms with E-state index in [4.69, 9.17) is 4.74 Å². The average molecular weight is 334 g/mol. The first-order chi connectivity index (χ1) is 12.2. The minimum atomic E-state index is 0.173. The molecule has 3 aromatic rings. The molecule has 4 heteroatoms. The first-order valence-corrected chi connectivity index (χ1v) is 8.72. The van der Waals surface area contributed by atoms with Gasteiger partial charge in [-0.15, -0.1) is 0 Å². The van der Waals surface area contributed by atoms with E-state index < -0.39 is 0 Å². The standard InChI is InChI=1S/C21H22N2O2/c1-25-19-8-4-6-16(12-19)13-21(24)22-10-5-11-23-18(15-22)14-17-7-2-3-9-20(17)23/h2-4,6-9,12,14H,5,10-11,13,15H2,1H3. The van der Waals surface area contributed by atoms with E-state index in [2.05, 4.69) is 34.9 Å². The maximum atomic E-state index is 12.8. The van der Waals surface area contributed by atoms with Gasteiger partial charge in [0.1, 0.15) is 5.75 Å². The van der Waals surface area contributed by atoms with Gasteiger partial charge in [-0.3, -0.25) is 4.79 Å². The molecule has 1 aliphatic heterocycles. The van der Waals surface area contributed by atoms with Crippen molar-refractivity contribution in [1.82, 2.24) is 9.47 Å². The zero-order chi connectivity index (χ0) is 17.2. The van der Waals surface area contributed by atoms with Crippen molar-refractivity contribution in [2.24, 2.45) is 0 Å². The molecule has 0 N–H and O–H groups in total. The van der Waals surface area contributed by atoms with Crippen LogP contribution in [-0.2, 0) is 24.3 Å². The number of hydrogen-bond donors (Lipinski definition) is 0. The van der Waals surface area contributed by atoms with Crippen LogP contribution in [0.25, 0.3) is 10.9 Å². The number of amides is 1. The molecule has 4 rings (SSSR count). The molecule has 4 nitrogen and oxygen atoms in total. The number of carbonyl (C=O) groups is 1. The van der Waals surface area contributed by atoms with Crippen molar-refractivity contribution in [3.63, 3.8) is 0 Å². The van der Waals surface area contributed by atoms with Gasteiger partial charge in [0, 0.05) is 24.3 Å². The number of nitrogens with zero attached hydrogens (tertiary/aromatic N) is 2. The molecule has 0 saturated heterocycles. The summed E-state index contributed by atoms with van der Waals surface area (Å²) in [6.07, 6.45) is 1.40. The molecule has 1 amide bonds. The quantitative estimate of drug-likeness (QED) is 0.733. The fourth-order valence-electron chi connectivity index (χ4n) is 3.64. The fraction of sp³-hybridized carbons (Fsp3) is 0.286. The van der Waals surface area contributed by atoms with E-state index in [0.29, 0.717) is 13.0 Å². The number of rotatable bonds is 3. The van der Waals surface area contributed by atoms with Gasteiger partial charge in [-0.2, -0.15) is 0 Å². The molecule has 0 aliphatic carbocycles. The highest BCUT2D eigenvalue weighted by Crippen LogP contribution is 2.24. The molecule has 0 fully saturated rings. The van der Waals surface area contributed by atoms with Crippen LogP contribution >= 0.6 is 0 Å². The summed E-state index contributed by atoms with van der Waals surface area (Å²) >= 11 is 0. The van der Waals surface area contributed by atoms with Gasteiger partial charge in [-0.05, 0) is 41.6 Å². The normalized spacial score (nSPS) is 14.2. The predicted molar refractivity (Wildman–Crippen MR) is 98.7 cm³/mol. The summed E-state index contributed by atoms with van der Waals surface area (Å²) in [7, 11) is 1.65. The second kappa shape index (κ2) is 6.63. The zero-order valence-electron chi connectivity index (χ0n) is 14.4. The van der Waals surface area contributed by atoms with Crippen molar-refractivity contribution < 1.29 is 9.53 Å². The highest BCUT2D eigenvalue weighted by Gasteiger charge is 2.20. The molecule has 1 aliphatic rings. The van der Waals surface area contributed by atoms with Crippen LogP contribution in [0.1, 0.15) is 17.7 Å². The molecule has 128 valence electrons. The van der Waals surface area contributed by atoms with Crippen LogP contribution in [-0.4, -0.2) is 29.0 Å². The van der Waals surface area contributed by atoms with Crippen LogP contribution in [0.3, 0.4) is 0 Å². The molecule has 0 bridgehead atoms. The van der Waals surface area contributed by atoms with Crippen LogP contribution in [0.5, 0.6) is 5.75 Å². The second-order valence-electron chi connectivity index (χ2n) is 6.54. The van der Waals surface area contributed by atoms with E-state index in [1.165, 1.54) is 16.6 Å². The van der Waals surface area contributed by atoms with Gasteiger partial charge in [-0.1, -0.05) is 30.3 Å². The Morgan fingerprint density at radius 3 is 2.84 bits per heavy atom. The first-order valence-electron chi connectivity index (χ1n) is 8.72. The van der Waals surface area contributed by atoms with Gasteiger partial charge in [0.25, 0.3) is 0 Å². The molecule has 0 radical (unpaired) electrons. The summed E-state index contributed by atoms with van der Waals surface area (Å²) in [5.74, 6) is 0.966. The third kappa shape index (κ3) is 3.12. The summed E-state index contributed by atoms with van der Waals surface area (Å²) < 4.78 is 7.61. The summed E-state index contributed by atoms with van der Waals surface area (Å²) in [4.78, 5) is 14.8. The Morgan fingerprint density at radius 1 is 1.08 bits per heavy atom. The lowest BCUT2D eigenvalue weighted by Gasteiger charge is -2.20. The van der Waals surface area contributed by atoms with Crippen LogP contribution < -0.4 is 4.74 Å². The van der Waals surface area contributed by atoms with Crippen LogP contribution in [0.15, 0.2) is 54.6 Å². The average Bonchev–Trinajstić information content (AvgIpc) is 2.84. The highest BCUT2D eigenvalue weighted by molar-refractivity contribution is 5.82. The number of ether oxygens (including phenoxy) is 1. The molecular weight excluding hydrogens is 312 g/mol. The SMILES string of the molecule is COc1cccc(CC(=O)N2CCCn3c(cc4ccccc43)C2)c1. The fourth-order valence-corrected chi connectivity index (χ4v) is 3.64. The molecule has 2 aromatic carbocycles. The van der Waals surface area contributed by atoms with Crippen LogP contribution in [0, 0.1) is 0 Å². The number of aromatic nitrogens is 1. The number of carbonyl (C=O) groups excluding carboxylic acids is 1. The molecule has 2 heterocycles. The predicted octanol–water partition coefficient (Wildman–Crippen LogP) is 3.62. The Balaban J connectivity index is 1.55. The van der Waals surface area contributed by atoms with Crippen LogP contribution in [0.4, 0.5) is 0 Å². The van der Waals surface area contributed by atoms with E-state index in [0.717, 1.165) is 30.8 Å². The number of benzene rings is 2. The van der Waals surface area contributed by atoms with Gasteiger partial charge in [0.05, 0.1) is 20.1 Å². The molecule has 0 saturated carbocycles. The largest absolute Gasteiger partial charge is 0.497 e. The first kappa shape index (κ1) is 15.8. The monoisotopic (exact) mass is 334 g/mol. The van der Waals surface area contributed by atoms with E-state index >= 15 is 0 Å². The Morgan fingerprint density at radius 2 is 1.96 bits per heavy atom. The lowest BCUT2D eigenvalue weighted by Crippen LogP contribution is -2.32. The summed E-state index contributed by atoms with van der Waals surface area (Å²) in [5.41, 5.74) is 3.48. The Labute approximate surface area is 147 Å². The summed E-state index contributed by atoms with van der Waals surface area (Å²) in [5, 5.41) is 1.25. The third-order valence-corrected chi connectivity index (χ3v) is 4.90. The van der Waals surface area contributed by atoms with Crippen molar-refractivity contribution in [1.29, 1.82) is 0 Å². The number of hydrogen-bond acceptors (Lipinski definition) is 2. The Kier molecular flexibility index (Phi) is 4.18. The van der Waals surface area contributed by atoms with Gasteiger partial charge >= 0.3 is 0 Å². The van der Waals surface area contributed by atoms with E-state index in [-0.39, 0.29) is 5.91 Å². The van der Waals surface area contributed by atoms with Crippen LogP contribution in [0.2, 0.25) is 0 Å². The maximum absolute atomic E-state index is 12.8. The van der Waals surface area contributed by atoms with E-state index in [9.17, 15) is 4.79 Å². The van der Waals surface area contributed by atoms with Gasteiger partial charge in [-0.25, -0.2) is 0 Å². The van der Waals surface area contributed by atoms with Crippen molar-refractivity contribution in [3.05, 3.63) is 65.9 Å². The maximum Gasteiger partial charge on any atom is 0.227 e. The van der Waals surface area contributed by atoms with Crippen molar-refractivity contribution in [2.45, 2.75) is 25.9 Å². The van der Waals surface area contributed by atoms with Crippen molar-refractivity contribution in [3.8, 4) is 5.75 Å². The Bertz CT molecular complexity index is 913. The number of para-hydroxylation sites is 1. The third-order valence-electron chi connectivity index (χ3n) is 4.90. The minimum absolute atomic E-state index is 0.173. The topological polar surface area (TPSA) is 34.5 Å². The molecule has 0 unspecified atom stereocenters. The molecule has 0 atom stereocenters. The van der Waals surface area contributed by atoms with Crippen molar-refractivity contribution >= 4 is 16.8 Å². The zero-order valence-corrected chi connectivity index (χ0v) is 14.4. The smallest absolute Gasteiger partial charge is 0.227 e. The highest BCUT2D eigenvalue weighted by atomic mass is 16.5. The minimum Gasteiger partial charge on any atom is -0.497 e. The lowest BCUT2D eigenvalue weighted by molar-refractivity contribution is -0.131. The van der Waals surface area contributed by atoms with Gasteiger partial charge < -0.3 is 14.2 Å².